The molecular formula is C55H95N10O8+. The number of likely N-dealkylation sites (tertiary alicyclic amines) is 2. The van der Waals surface area contributed by atoms with Gasteiger partial charge in [-0.3, -0.25) is 33.6 Å². The summed E-state index contributed by atoms with van der Waals surface area (Å²) >= 11 is 0. The van der Waals surface area contributed by atoms with E-state index in [0.29, 0.717) is 31.1 Å². The summed E-state index contributed by atoms with van der Waals surface area (Å²) in [6.45, 7) is 23.0. The van der Waals surface area contributed by atoms with E-state index in [1.54, 1.807) is 27.9 Å². The van der Waals surface area contributed by atoms with E-state index < -0.39 is 82.8 Å². The molecule has 3 aliphatic carbocycles. The van der Waals surface area contributed by atoms with Crippen LogP contribution in [-0.4, -0.2) is 156 Å². The summed E-state index contributed by atoms with van der Waals surface area (Å²) in [5.74, 6) is -2.98. The molecule has 0 aromatic heterocycles. The highest BCUT2D eigenvalue weighted by molar-refractivity contribution is 5.95. The van der Waals surface area contributed by atoms with E-state index in [9.17, 15) is 38.4 Å². The summed E-state index contributed by atoms with van der Waals surface area (Å²) in [7, 11) is 3.34. The average Bonchev–Trinajstić information content (AvgIpc) is 4.01. The summed E-state index contributed by atoms with van der Waals surface area (Å²) in [6.07, 6.45) is 13.2. The Morgan fingerprint density at radius 1 is 0.521 bits per heavy atom. The molecule has 18 heteroatoms. The van der Waals surface area contributed by atoms with Crippen LogP contribution in [0.1, 0.15) is 172 Å². The maximum Gasteiger partial charge on any atom is 0.389 e. The minimum Gasteiger partial charge on any atom is -0.352 e. The van der Waals surface area contributed by atoms with Crippen molar-refractivity contribution in [2.75, 3.05) is 27.2 Å². The van der Waals surface area contributed by atoms with E-state index >= 15 is 0 Å². The predicted molar refractivity (Wildman–Crippen MR) is 282 cm³/mol. The molecule has 412 valence electrons. The van der Waals surface area contributed by atoms with Gasteiger partial charge in [-0.1, -0.05) is 86.5 Å². The molecule has 0 aromatic rings. The minimum atomic E-state index is -0.958. The molecule has 0 aromatic carbocycles. The Kier molecular flexibility index (Phi) is 21.1. The lowest BCUT2D eigenvalue weighted by atomic mass is 9.80. The third kappa shape index (κ3) is 15.3. The molecule has 0 spiro atoms. The number of amides is 8. The summed E-state index contributed by atoms with van der Waals surface area (Å²) in [4.78, 5) is 116. The van der Waals surface area contributed by atoms with Gasteiger partial charge in [-0.05, 0) is 116 Å². The Bertz CT molecular complexity index is 1990. The number of hydrogen-bond acceptors (Lipinski definition) is 10. The van der Waals surface area contributed by atoms with Crippen LogP contribution in [0.2, 0.25) is 0 Å². The van der Waals surface area contributed by atoms with E-state index in [1.165, 1.54) is 27.2 Å². The van der Waals surface area contributed by atoms with Crippen molar-refractivity contribution >= 4 is 54.0 Å². The SMILES string of the molecule is C=[N+](C(=O)C1CCCC(C(=O)NC2CC(C(=O)NC(C)C3CCCCC3)N(C(=O)C(NC(=O)C(C)NC)C(C)(C)C)C2)C1)C1CC(C(=O)NC(C)C2CCCCC2)N(C(=O)C(NC(=O)C(C)NC)C(C)(C)C)C1. The number of hydrogen-bond donors (Lipinski definition) is 7. The molecule has 0 radical (unpaired) electrons. The van der Waals surface area contributed by atoms with Crippen molar-refractivity contribution in [1.29, 1.82) is 0 Å². The number of likely N-dealkylation sites (N-methyl/N-ethyl adjacent to an activating group) is 2. The van der Waals surface area contributed by atoms with Crippen LogP contribution >= 0.6 is 0 Å². The van der Waals surface area contributed by atoms with E-state index in [0.717, 1.165) is 51.4 Å². The molecular weight excluding hydrogens is 929 g/mol. The van der Waals surface area contributed by atoms with Crippen molar-refractivity contribution in [1.82, 2.24) is 47.0 Å². The van der Waals surface area contributed by atoms with Crippen LogP contribution in [0.5, 0.6) is 0 Å². The maximum atomic E-state index is 14.7. The molecule has 2 heterocycles. The molecule has 18 nitrogen and oxygen atoms in total. The molecule has 5 rings (SSSR count). The first-order chi connectivity index (χ1) is 34.3. The minimum absolute atomic E-state index is 0.0456. The summed E-state index contributed by atoms with van der Waals surface area (Å²) in [5, 5.41) is 21.4. The maximum absolute atomic E-state index is 14.7. The van der Waals surface area contributed by atoms with Gasteiger partial charge in [-0.15, -0.1) is 0 Å². The molecule has 73 heavy (non-hydrogen) atoms. The molecule has 8 amide bonds. The van der Waals surface area contributed by atoms with Crippen molar-refractivity contribution in [2.45, 2.75) is 232 Å². The normalized spacial score (nSPS) is 26.8. The number of rotatable bonds is 18. The average molecular weight is 1020 g/mol. The highest BCUT2D eigenvalue weighted by atomic mass is 16.2. The van der Waals surface area contributed by atoms with Crippen LogP contribution in [0.3, 0.4) is 0 Å². The van der Waals surface area contributed by atoms with Crippen molar-refractivity contribution in [3.8, 4) is 0 Å². The fourth-order valence-electron chi connectivity index (χ4n) is 11.9. The van der Waals surface area contributed by atoms with Crippen LogP contribution in [0.25, 0.3) is 0 Å². The molecule has 2 saturated heterocycles. The third-order valence-corrected chi connectivity index (χ3v) is 17.1. The Hall–Kier alpha value is -4.45. The molecule has 12 unspecified atom stereocenters. The standard InChI is InChI=1S/C55H94N10O8/c1-32(36-21-16-14-17-22-36)58-49(69)42-28-40(30-64(42)52(72)44(54(5,6)7)61-46(66)34(3)56-11)60-48(68)38-25-20-26-39(27-38)51(71)63(13)41-29-43(50(70)59-33(2)37-23-18-15-19-24-37)65(31-41)53(73)45(55(8,9)10)62-47(67)35(4)57-12/h32-45,56-57H,13-31H2,1-12H3,(H4-,58,59,60,61,62,66,67,68,69,70)/p+1. The van der Waals surface area contributed by atoms with Gasteiger partial charge in [0.15, 0.2) is 6.04 Å². The van der Waals surface area contributed by atoms with Crippen LogP contribution in [-0.2, 0) is 38.4 Å². The van der Waals surface area contributed by atoms with E-state index in [1.807, 2.05) is 55.4 Å². The summed E-state index contributed by atoms with van der Waals surface area (Å²) in [6, 6.07) is -6.16. The van der Waals surface area contributed by atoms with Crippen molar-refractivity contribution in [3.05, 3.63) is 0 Å². The zero-order valence-electron chi connectivity index (χ0n) is 46.6. The lowest BCUT2D eigenvalue weighted by molar-refractivity contribution is -0.481. The summed E-state index contributed by atoms with van der Waals surface area (Å²) in [5.41, 5.74) is -1.41. The second-order valence-electron chi connectivity index (χ2n) is 24.7. The third-order valence-electron chi connectivity index (χ3n) is 17.1. The number of nitrogens with one attached hydrogen (secondary N) is 7. The first-order valence-electron chi connectivity index (χ1n) is 27.9. The monoisotopic (exact) mass is 1020 g/mol. The first kappa shape index (κ1) is 59.4. The van der Waals surface area contributed by atoms with Crippen LogP contribution in [0.4, 0.5) is 0 Å². The van der Waals surface area contributed by atoms with Crippen LogP contribution in [0.15, 0.2) is 0 Å². The highest BCUT2D eigenvalue weighted by Gasteiger charge is 2.51. The Balaban J connectivity index is 1.31. The lowest BCUT2D eigenvalue weighted by Crippen LogP contribution is -2.60. The fourth-order valence-corrected chi connectivity index (χ4v) is 11.9. The van der Waals surface area contributed by atoms with Gasteiger partial charge < -0.3 is 47.0 Å². The molecule has 0 bridgehead atoms. The fraction of sp³-hybridized carbons (Fsp3) is 0.836. The van der Waals surface area contributed by atoms with Crippen molar-refractivity contribution in [2.24, 2.45) is 34.5 Å². The smallest absolute Gasteiger partial charge is 0.352 e. The molecule has 7 N–H and O–H groups in total. The van der Waals surface area contributed by atoms with E-state index in [2.05, 4.69) is 43.9 Å². The topological polar surface area (TPSA) is 230 Å². The first-order valence-corrected chi connectivity index (χ1v) is 27.9. The van der Waals surface area contributed by atoms with Crippen molar-refractivity contribution in [3.63, 3.8) is 0 Å². The molecule has 2 aliphatic heterocycles. The number of carbonyl (C=O) groups excluding carboxylic acids is 8. The predicted octanol–water partition coefficient (Wildman–Crippen LogP) is 3.54. The number of nitrogens with zero attached hydrogens (tertiary/aromatic N) is 3. The zero-order valence-corrected chi connectivity index (χ0v) is 46.6. The van der Waals surface area contributed by atoms with Gasteiger partial charge in [-0.2, -0.15) is 4.58 Å². The second kappa shape index (κ2) is 25.9. The summed E-state index contributed by atoms with van der Waals surface area (Å²) < 4.78 is 1.41. The quantitative estimate of drug-likeness (QED) is 0.0781. The van der Waals surface area contributed by atoms with Crippen molar-refractivity contribution < 1.29 is 42.9 Å². The van der Waals surface area contributed by atoms with E-state index in [-0.39, 0.29) is 79.9 Å². The Morgan fingerprint density at radius 2 is 0.945 bits per heavy atom. The largest absolute Gasteiger partial charge is 0.389 e. The van der Waals surface area contributed by atoms with Crippen LogP contribution < -0.4 is 37.2 Å². The van der Waals surface area contributed by atoms with Gasteiger partial charge in [0.2, 0.25) is 41.4 Å². The molecule has 3 saturated carbocycles. The lowest BCUT2D eigenvalue weighted by Gasteiger charge is -2.36. The molecule has 5 aliphatic rings. The van der Waals surface area contributed by atoms with Gasteiger partial charge in [0, 0.05) is 37.0 Å². The number of carbonyl (C=O) groups is 8. The highest BCUT2D eigenvalue weighted by Crippen LogP contribution is 2.35. The Morgan fingerprint density at radius 3 is 1.38 bits per heavy atom. The van der Waals surface area contributed by atoms with E-state index in [4.69, 9.17) is 0 Å². The molecule has 12 atom stereocenters. The Labute approximate surface area is 436 Å². The van der Waals surface area contributed by atoms with Gasteiger partial charge in [0.25, 0.3) is 0 Å². The molecule has 5 fully saturated rings. The van der Waals surface area contributed by atoms with Gasteiger partial charge >= 0.3 is 5.91 Å². The van der Waals surface area contributed by atoms with Gasteiger partial charge in [0.1, 0.15) is 30.9 Å². The zero-order chi connectivity index (χ0) is 54.1. The van der Waals surface area contributed by atoms with Gasteiger partial charge in [-0.25, -0.2) is 4.79 Å². The van der Waals surface area contributed by atoms with Crippen LogP contribution in [0, 0.1) is 34.5 Å². The van der Waals surface area contributed by atoms with Gasteiger partial charge in [0.05, 0.1) is 24.5 Å². The second-order valence-corrected chi connectivity index (χ2v) is 24.7.